The molecule has 0 unspecified atom stereocenters. The van der Waals surface area contributed by atoms with Gasteiger partial charge in [-0.2, -0.15) is 0 Å². The van der Waals surface area contributed by atoms with Crippen LogP contribution < -0.4 is 19.3 Å². The number of methoxy groups -OCH3 is 1. The van der Waals surface area contributed by atoms with E-state index in [9.17, 15) is 4.39 Å². The van der Waals surface area contributed by atoms with Gasteiger partial charge in [-0.1, -0.05) is 18.2 Å². The van der Waals surface area contributed by atoms with E-state index < -0.39 is 0 Å². The second kappa shape index (κ2) is 8.12. The summed E-state index contributed by atoms with van der Waals surface area (Å²) in [5.74, 6) is 2.12. The third kappa shape index (κ3) is 3.98. The Morgan fingerprint density at radius 3 is 2.46 bits per heavy atom. The molecule has 3 aromatic rings. The van der Waals surface area contributed by atoms with Gasteiger partial charge in [0, 0.05) is 38.3 Å². The molecule has 0 bridgehead atoms. The van der Waals surface area contributed by atoms with Crippen LogP contribution in [-0.4, -0.2) is 43.3 Å². The van der Waals surface area contributed by atoms with Gasteiger partial charge in [-0.3, -0.25) is 0 Å². The lowest BCUT2D eigenvalue weighted by molar-refractivity contribution is 0.413. The van der Waals surface area contributed by atoms with Gasteiger partial charge in [0.1, 0.15) is 29.5 Å². The van der Waals surface area contributed by atoms with Crippen LogP contribution >= 0.6 is 0 Å². The molecule has 0 aliphatic carbocycles. The zero-order chi connectivity index (χ0) is 19.3. The first-order valence-electron chi connectivity index (χ1n) is 9.11. The monoisotopic (exact) mass is 380 g/mol. The van der Waals surface area contributed by atoms with E-state index in [4.69, 9.17) is 9.47 Å². The predicted molar refractivity (Wildman–Crippen MR) is 106 cm³/mol. The van der Waals surface area contributed by atoms with Crippen LogP contribution in [0, 0.1) is 5.82 Å². The van der Waals surface area contributed by atoms with Crippen molar-refractivity contribution in [3.05, 3.63) is 66.7 Å². The average Bonchev–Trinajstić information content (AvgIpc) is 2.74. The number of halogens is 1. The van der Waals surface area contributed by atoms with Gasteiger partial charge in [0.05, 0.1) is 12.8 Å². The van der Waals surface area contributed by atoms with E-state index in [1.807, 2.05) is 18.2 Å². The van der Waals surface area contributed by atoms with Crippen molar-refractivity contribution in [2.24, 2.45) is 0 Å². The molecule has 144 valence electrons. The van der Waals surface area contributed by atoms with E-state index in [2.05, 4.69) is 25.8 Å². The van der Waals surface area contributed by atoms with Crippen molar-refractivity contribution in [3.63, 3.8) is 0 Å². The Balaban J connectivity index is 1.43. The molecule has 0 radical (unpaired) electrons. The molecule has 6 nitrogen and oxygen atoms in total. The lowest BCUT2D eigenvalue weighted by atomic mass is 10.2. The highest BCUT2D eigenvalue weighted by molar-refractivity contribution is 5.59. The highest BCUT2D eigenvalue weighted by Crippen LogP contribution is 2.29. The topological polar surface area (TPSA) is 50.7 Å². The molecule has 1 aliphatic heterocycles. The van der Waals surface area contributed by atoms with E-state index >= 15 is 0 Å². The van der Waals surface area contributed by atoms with Crippen LogP contribution in [0.5, 0.6) is 17.4 Å². The molecule has 4 rings (SSSR count). The Morgan fingerprint density at radius 1 is 0.893 bits per heavy atom. The van der Waals surface area contributed by atoms with Crippen LogP contribution in [0.4, 0.5) is 15.9 Å². The number of hydrogen-bond acceptors (Lipinski definition) is 6. The van der Waals surface area contributed by atoms with Crippen LogP contribution in [0.3, 0.4) is 0 Å². The summed E-state index contributed by atoms with van der Waals surface area (Å²) in [6.45, 7) is 3.33. The summed E-state index contributed by atoms with van der Waals surface area (Å²) >= 11 is 0. The van der Waals surface area contributed by atoms with E-state index in [0.29, 0.717) is 11.6 Å². The highest BCUT2D eigenvalue weighted by Gasteiger charge is 2.21. The van der Waals surface area contributed by atoms with Crippen molar-refractivity contribution >= 4 is 11.5 Å². The Bertz CT molecular complexity index is 945. The average molecular weight is 380 g/mol. The van der Waals surface area contributed by atoms with E-state index in [-0.39, 0.29) is 5.82 Å². The normalized spacial score (nSPS) is 14.1. The van der Waals surface area contributed by atoms with E-state index in [1.54, 1.807) is 25.3 Å². The van der Waals surface area contributed by atoms with Gasteiger partial charge in [-0.25, -0.2) is 14.4 Å². The summed E-state index contributed by atoms with van der Waals surface area (Å²) in [5.41, 5.74) is 1.10. The minimum atomic E-state index is -0.348. The standard InChI is InChI=1S/C21H21FN4O2/c1-27-19-8-3-2-7-18(19)25-9-11-26(12-10-25)20-14-21(24-15-23-20)28-17-6-4-5-16(22)13-17/h2-8,13-15H,9-12H2,1H3. The minimum absolute atomic E-state index is 0.348. The fourth-order valence-electron chi connectivity index (χ4n) is 3.28. The molecule has 2 aromatic carbocycles. The van der Waals surface area contributed by atoms with Gasteiger partial charge >= 0.3 is 0 Å². The van der Waals surface area contributed by atoms with Crippen molar-refractivity contribution in [2.75, 3.05) is 43.1 Å². The highest BCUT2D eigenvalue weighted by atomic mass is 19.1. The van der Waals surface area contributed by atoms with Crippen molar-refractivity contribution < 1.29 is 13.9 Å². The smallest absolute Gasteiger partial charge is 0.224 e. The summed E-state index contributed by atoms with van der Waals surface area (Å²) in [7, 11) is 1.69. The molecule has 1 aromatic heterocycles. The second-order valence-electron chi connectivity index (χ2n) is 6.42. The maximum atomic E-state index is 13.3. The first-order valence-corrected chi connectivity index (χ1v) is 9.11. The fraction of sp³-hybridized carbons (Fsp3) is 0.238. The minimum Gasteiger partial charge on any atom is -0.495 e. The fourth-order valence-corrected chi connectivity index (χ4v) is 3.28. The number of benzene rings is 2. The van der Waals surface area contributed by atoms with Gasteiger partial charge in [-0.05, 0) is 24.3 Å². The number of rotatable bonds is 5. The lowest BCUT2D eigenvalue weighted by Gasteiger charge is -2.37. The van der Waals surface area contributed by atoms with Crippen molar-refractivity contribution in [2.45, 2.75) is 0 Å². The Kier molecular flexibility index (Phi) is 5.23. The van der Waals surface area contributed by atoms with Crippen LogP contribution in [0.1, 0.15) is 0 Å². The molecule has 28 heavy (non-hydrogen) atoms. The third-order valence-corrected chi connectivity index (χ3v) is 4.68. The molecule has 2 heterocycles. The van der Waals surface area contributed by atoms with E-state index in [1.165, 1.54) is 18.5 Å². The molecule has 1 aliphatic rings. The lowest BCUT2D eigenvalue weighted by Crippen LogP contribution is -2.47. The number of hydrogen-bond donors (Lipinski definition) is 0. The van der Waals surface area contributed by atoms with Crippen LogP contribution in [0.2, 0.25) is 0 Å². The molecule has 0 atom stereocenters. The molecular formula is C21H21FN4O2. The predicted octanol–water partition coefficient (Wildman–Crippen LogP) is 3.74. The number of anilines is 2. The first-order chi connectivity index (χ1) is 13.7. The maximum absolute atomic E-state index is 13.3. The third-order valence-electron chi connectivity index (χ3n) is 4.68. The van der Waals surface area contributed by atoms with Crippen LogP contribution in [0.15, 0.2) is 60.9 Å². The van der Waals surface area contributed by atoms with Gasteiger partial charge < -0.3 is 19.3 Å². The summed E-state index contributed by atoms with van der Waals surface area (Å²) in [4.78, 5) is 13.0. The Morgan fingerprint density at radius 2 is 1.68 bits per heavy atom. The first kappa shape index (κ1) is 18.0. The Labute approximate surface area is 163 Å². The SMILES string of the molecule is COc1ccccc1N1CCN(c2cc(Oc3cccc(F)c3)ncn2)CC1. The largest absolute Gasteiger partial charge is 0.495 e. The maximum Gasteiger partial charge on any atom is 0.224 e. The van der Waals surface area contributed by atoms with Gasteiger partial charge in [0.2, 0.25) is 5.88 Å². The number of para-hydroxylation sites is 2. The quantitative estimate of drug-likeness (QED) is 0.672. The van der Waals surface area contributed by atoms with Crippen LogP contribution in [-0.2, 0) is 0 Å². The summed E-state index contributed by atoms with van der Waals surface area (Å²) in [6, 6.07) is 15.8. The molecule has 1 fully saturated rings. The van der Waals surface area contributed by atoms with E-state index in [0.717, 1.165) is 43.4 Å². The zero-order valence-electron chi connectivity index (χ0n) is 15.6. The molecule has 0 saturated carbocycles. The number of piperazine rings is 1. The van der Waals surface area contributed by atoms with Gasteiger partial charge in [0.25, 0.3) is 0 Å². The molecule has 7 heteroatoms. The summed E-state index contributed by atoms with van der Waals surface area (Å²) in [5, 5.41) is 0. The second-order valence-corrected chi connectivity index (χ2v) is 6.42. The van der Waals surface area contributed by atoms with Crippen molar-refractivity contribution in [1.82, 2.24) is 9.97 Å². The van der Waals surface area contributed by atoms with Gasteiger partial charge in [0.15, 0.2) is 0 Å². The molecule has 0 amide bonds. The summed E-state index contributed by atoms with van der Waals surface area (Å²) < 4.78 is 24.5. The van der Waals surface area contributed by atoms with Crippen molar-refractivity contribution in [1.29, 1.82) is 0 Å². The number of ether oxygens (including phenoxy) is 2. The summed E-state index contributed by atoms with van der Waals surface area (Å²) in [6.07, 6.45) is 1.47. The van der Waals surface area contributed by atoms with Crippen LogP contribution in [0.25, 0.3) is 0 Å². The molecular weight excluding hydrogens is 359 g/mol. The number of nitrogens with zero attached hydrogens (tertiary/aromatic N) is 4. The van der Waals surface area contributed by atoms with Gasteiger partial charge in [-0.15, -0.1) is 0 Å². The zero-order valence-corrected chi connectivity index (χ0v) is 15.6. The molecule has 0 N–H and O–H groups in total. The molecule has 0 spiro atoms. The number of aromatic nitrogens is 2. The molecule has 1 saturated heterocycles. The Hall–Kier alpha value is -3.35. The van der Waals surface area contributed by atoms with Crippen molar-refractivity contribution in [3.8, 4) is 17.4 Å².